The second-order valence-electron chi connectivity index (χ2n) is 3.17. The van der Waals surface area contributed by atoms with Crippen LogP contribution in [0.2, 0.25) is 0 Å². The maximum atomic E-state index is 10.5. The fourth-order valence-electron chi connectivity index (χ4n) is 1.56. The zero-order valence-electron chi connectivity index (χ0n) is 6.12. The molecule has 2 aliphatic heterocycles. The lowest BCUT2D eigenvalue weighted by atomic mass is 10.0. The van der Waals surface area contributed by atoms with Crippen LogP contribution in [0.3, 0.4) is 0 Å². The Labute approximate surface area is 64.5 Å². The van der Waals surface area contributed by atoms with Gasteiger partial charge in [0.2, 0.25) is 0 Å². The van der Waals surface area contributed by atoms with Gasteiger partial charge in [-0.05, 0) is 6.42 Å². The van der Waals surface area contributed by atoms with Crippen LogP contribution in [-0.4, -0.2) is 36.4 Å². The first-order valence-corrected chi connectivity index (χ1v) is 3.85. The summed E-state index contributed by atoms with van der Waals surface area (Å²) in [5.41, 5.74) is 0. The van der Waals surface area contributed by atoms with E-state index in [1.165, 1.54) is 0 Å². The van der Waals surface area contributed by atoms with E-state index in [1.54, 1.807) is 0 Å². The number of ether oxygens (including phenoxy) is 1. The lowest BCUT2D eigenvalue weighted by Crippen LogP contribution is -2.29. The van der Waals surface area contributed by atoms with Gasteiger partial charge in [-0.25, -0.2) is 0 Å². The van der Waals surface area contributed by atoms with Crippen molar-refractivity contribution in [1.82, 2.24) is 5.32 Å². The molecular weight excluding hydrogens is 146 g/mol. The van der Waals surface area contributed by atoms with Crippen molar-refractivity contribution in [1.29, 1.82) is 0 Å². The Kier molecular flexibility index (Phi) is 1.58. The van der Waals surface area contributed by atoms with Gasteiger partial charge in [-0.2, -0.15) is 0 Å². The van der Waals surface area contributed by atoms with Gasteiger partial charge >= 0.3 is 5.97 Å². The molecular formula is C7H11NO3. The van der Waals surface area contributed by atoms with Crippen LogP contribution < -0.4 is 5.32 Å². The monoisotopic (exact) mass is 157 g/mol. The molecule has 62 valence electrons. The van der Waals surface area contributed by atoms with Crippen molar-refractivity contribution in [2.75, 3.05) is 13.2 Å². The molecule has 0 spiro atoms. The summed E-state index contributed by atoms with van der Waals surface area (Å²) in [6.45, 7) is 1.61. The Balaban J connectivity index is 1.87. The zero-order valence-corrected chi connectivity index (χ0v) is 6.12. The van der Waals surface area contributed by atoms with Crippen LogP contribution in [0.4, 0.5) is 0 Å². The lowest BCUT2D eigenvalue weighted by molar-refractivity contribution is -0.139. The third-order valence-electron chi connectivity index (χ3n) is 2.35. The smallest absolute Gasteiger partial charge is 0.320 e. The minimum Gasteiger partial charge on any atom is -0.480 e. The van der Waals surface area contributed by atoms with E-state index < -0.39 is 5.97 Å². The standard InChI is InChI=1S/C7H11NO3/c9-7(10)5-1-4(2-8-5)6-3-11-6/h4-6,8H,1-3H2,(H,9,10)/t4-,5?,6?/m0/s1. The molecule has 0 amide bonds. The van der Waals surface area contributed by atoms with Crippen LogP contribution in [0.25, 0.3) is 0 Å². The number of hydrogen-bond acceptors (Lipinski definition) is 3. The maximum Gasteiger partial charge on any atom is 0.320 e. The number of hydrogen-bond donors (Lipinski definition) is 2. The van der Waals surface area contributed by atoms with Crippen LogP contribution in [0.5, 0.6) is 0 Å². The summed E-state index contributed by atoms with van der Waals surface area (Å²) in [5, 5.41) is 11.6. The summed E-state index contributed by atoms with van der Waals surface area (Å²) in [6, 6.07) is -0.343. The van der Waals surface area contributed by atoms with Crippen molar-refractivity contribution in [2.24, 2.45) is 5.92 Å². The minimum atomic E-state index is -0.742. The highest BCUT2D eigenvalue weighted by Gasteiger charge is 2.39. The van der Waals surface area contributed by atoms with Crippen molar-refractivity contribution in [3.63, 3.8) is 0 Å². The number of rotatable bonds is 2. The van der Waals surface area contributed by atoms with E-state index in [9.17, 15) is 4.79 Å². The molecule has 2 N–H and O–H groups in total. The second-order valence-corrected chi connectivity index (χ2v) is 3.17. The maximum absolute atomic E-state index is 10.5. The van der Waals surface area contributed by atoms with Crippen molar-refractivity contribution >= 4 is 5.97 Å². The molecule has 3 atom stereocenters. The highest BCUT2D eigenvalue weighted by Crippen LogP contribution is 2.27. The average molecular weight is 157 g/mol. The fraction of sp³-hybridized carbons (Fsp3) is 0.857. The molecule has 4 heteroatoms. The van der Waals surface area contributed by atoms with Gasteiger partial charge in [0.15, 0.2) is 0 Å². The molecule has 4 nitrogen and oxygen atoms in total. The van der Waals surface area contributed by atoms with Gasteiger partial charge < -0.3 is 15.2 Å². The van der Waals surface area contributed by atoms with Gasteiger partial charge in [0.05, 0.1) is 12.7 Å². The molecule has 2 fully saturated rings. The number of epoxide rings is 1. The van der Waals surface area contributed by atoms with E-state index in [-0.39, 0.29) is 6.04 Å². The van der Waals surface area contributed by atoms with E-state index in [0.717, 1.165) is 19.6 Å². The molecule has 0 saturated carbocycles. The highest BCUT2D eigenvalue weighted by atomic mass is 16.6. The van der Waals surface area contributed by atoms with Crippen LogP contribution >= 0.6 is 0 Å². The van der Waals surface area contributed by atoms with Crippen LogP contribution in [-0.2, 0) is 9.53 Å². The summed E-state index contributed by atoms with van der Waals surface area (Å²) in [7, 11) is 0. The molecule has 2 aliphatic rings. The first-order chi connectivity index (χ1) is 5.27. The van der Waals surface area contributed by atoms with Gasteiger partial charge in [-0.1, -0.05) is 0 Å². The summed E-state index contributed by atoms with van der Waals surface area (Å²) < 4.78 is 5.09. The first-order valence-electron chi connectivity index (χ1n) is 3.85. The molecule has 0 aromatic carbocycles. The van der Waals surface area contributed by atoms with Crippen LogP contribution in [0.1, 0.15) is 6.42 Å². The average Bonchev–Trinajstić information content (AvgIpc) is 2.68. The molecule has 2 saturated heterocycles. The van der Waals surface area contributed by atoms with E-state index in [2.05, 4.69) is 5.32 Å². The van der Waals surface area contributed by atoms with Gasteiger partial charge in [0, 0.05) is 12.5 Å². The molecule has 0 aromatic heterocycles. The molecule has 0 bridgehead atoms. The quantitative estimate of drug-likeness (QED) is 0.528. The number of carboxylic acid groups (broad SMARTS) is 1. The molecule has 11 heavy (non-hydrogen) atoms. The summed E-state index contributed by atoms with van der Waals surface area (Å²) >= 11 is 0. The summed E-state index contributed by atoms with van der Waals surface area (Å²) in [6.07, 6.45) is 1.06. The van der Waals surface area contributed by atoms with Gasteiger partial charge in [-0.3, -0.25) is 4.79 Å². The highest BCUT2D eigenvalue weighted by molar-refractivity contribution is 5.73. The molecule has 2 unspecified atom stereocenters. The van der Waals surface area contributed by atoms with E-state index in [4.69, 9.17) is 9.84 Å². The van der Waals surface area contributed by atoms with Crippen molar-refractivity contribution in [3.05, 3.63) is 0 Å². The Morgan fingerprint density at radius 2 is 2.36 bits per heavy atom. The number of carbonyl (C=O) groups is 1. The number of carboxylic acids is 1. The minimum absolute atomic E-state index is 0.340. The summed E-state index contributed by atoms with van der Waals surface area (Å²) in [5.74, 6) is -0.316. The Morgan fingerprint density at radius 3 is 2.82 bits per heavy atom. The third-order valence-corrected chi connectivity index (χ3v) is 2.35. The van der Waals surface area contributed by atoms with Crippen LogP contribution in [0, 0.1) is 5.92 Å². The normalized spacial score (nSPS) is 42.4. The number of aliphatic carboxylic acids is 1. The molecule has 2 rings (SSSR count). The van der Waals surface area contributed by atoms with Gasteiger partial charge in [0.1, 0.15) is 6.04 Å². The SMILES string of the molecule is O=C(O)C1C[C@H](C2CO2)CN1. The second kappa shape index (κ2) is 2.46. The summed E-state index contributed by atoms with van der Waals surface area (Å²) in [4.78, 5) is 10.5. The van der Waals surface area contributed by atoms with Crippen molar-refractivity contribution in [2.45, 2.75) is 18.6 Å². The first kappa shape index (κ1) is 7.06. The van der Waals surface area contributed by atoms with Crippen LogP contribution in [0.15, 0.2) is 0 Å². The zero-order chi connectivity index (χ0) is 7.84. The van der Waals surface area contributed by atoms with Gasteiger partial charge in [0.25, 0.3) is 0 Å². The van der Waals surface area contributed by atoms with Crippen molar-refractivity contribution < 1.29 is 14.6 Å². The Morgan fingerprint density at radius 1 is 1.64 bits per heavy atom. The molecule has 0 aromatic rings. The molecule has 0 radical (unpaired) electrons. The number of nitrogens with one attached hydrogen (secondary N) is 1. The third kappa shape index (κ3) is 1.36. The topological polar surface area (TPSA) is 61.9 Å². The van der Waals surface area contributed by atoms with Gasteiger partial charge in [-0.15, -0.1) is 0 Å². The van der Waals surface area contributed by atoms with E-state index in [1.807, 2.05) is 0 Å². The van der Waals surface area contributed by atoms with E-state index in [0.29, 0.717) is 12.0 Å². The van der Waals surface area contributed by atoms with E-state index >= 15 is 0 Å². The molecule has 2 heterocycles. The fourth-order valence-corrected chi connectivity index (χ4v) is 1.56. The molecule has 0 aliphatic carbocycles. The largest absolute Gasteiger partial charge is 0.480 e. The lowest BCUT2D eigenvalue weighted by Gasteiger charge is -2.02. The Hall–Kier alpha value is -0.610. The Bertz CT molecular complexity index is 179. The van der Waals surface area contributed by atoms with Crippen molar-refractivity contribution in [3.8, 4) is 0 Å². The predicted octanol–water partition coefficient (Wildman–Crippen LogP) is -0.552. The predicted molar refractivity (Wildman–Crippen MR) is 37.3 cm³/mol.